The van der Waals surface area contributed by atoms with Crippen LogP contribution in [0.25, 0.3) is 0 Å². The van der Waals surface area contributed by atoms with Gasteiger partial charge in [0.2, 0.25) is 5.82 Å². The highest BCUT2D eigenvalue weighted by atomic mass is 16.6. The monoisotopic (exact) mass is 301 g/mol. The Morgan fingerprint density at radius 2 is 1.41 bits per heavy atom. The lowest BCUT2D eigenvalue weighted by molar-refractivity contribution is -0.182. The SMILES string of the molecule is Cc1ccc(C)c2c1=NC(=C1N([O])C(C)(C)C(C)(C)N1O)N=2. The van der Waals surface area contributed by atoms with Crippen LogP contribution < -0.4 is 10.7 Å². The van der Waals surface area contributed by atoms with Gasteiger partial charge in [-0.05, 0) is 52.7 Å². The number of hydrogen-bond acceptors (Lipinski definition) is 5. The molecule has 1 fully saturated rings. The second kappa shape index (κ2) is 4.30. The number of hydroxylamine groups is 4. The Bertz CT molecular complexity index is 743. The first-order chi connectivity index (χ1) is 10.1. The fraction of sp³-hybridized carbons (Fsp3) is 0.500. The minimum Gasteiger partial charge on any atom is -0.286 e. The van der Waals surface area contributed by atoms with E-state index in [1.54, 1.807) is 13.8 Å². The zero-order valence-electron chi connectivity index (χ0n) is 13.8. The van der Waals surface area contributed by atoms with Crippen LogP contribution in [0.2, 0.25) is 0 Å². The van der Waals surface area contributed by atoms with Gasteiger partial charge in [0.15, 0.2) is 5.82 Å². The number of hydrogen-bond donors (Lipinski definition) is 1. The van der Waals surface area contributed by atoms with Gasteiger partial charge in [-0.25, -0.2) is 15.0 Å². The molecule has 0 unspecified atom stereocenters. The molecule has 3 rings (SSSR count). The molecule has 1 aromatic rings. The van der Waals surface area contributed by atoms with Gasteiger partial charge in [-0.2, -0.15) is 5.06 Å². The zero-order valence-corrected chi connectivity index (χ0v) is 13.8. The van der Waals surface area contributed by atoms with Crippen LogP contribution in [0.15, 0.2) is 33.8 Å². The smallest absolute Gasteiger partial charge is 0.202 e. The molecule has 1 aromatic carbocycles. The van der Waals surface area contributed by atoms with E-state index < -0.39 is 11.1 Å². The Hall–Kier alpha value is -1.92. The maximum absolute atomic E-state index is 12.7. The fourth-order valence-corrected chi connectivity index (χ4v) is 2.71. The van der Waals surface area contributed by atoms with E-state index in [1.165, 1.54) is 0 Å². The maximum atomic E-state index is 12.7. The number of fused-ring (bicyclic) bond motifs is 1. The molecule has 0 spiro atoms. The van der Waals surface area contributed by atoms with Crippen LogP contribution in [0.5, 0.6) is 0 Å². The molecule has 6 nitrogen and oxygen atoms in total. The summed E-state index contributed by atoms with van der Waals surface area (Å²) in [4.78, 5) is 8.99. The van der Waals surface area contributed by atoms with Crippen LogP contribution in [-0.4, -0.2) is 26.4 Å². The standard InChI is InChI=1S/C16H21N4O2/c1-9-7-8-10(2)12-11(9)17-13(18-12)14-19(21)15(3,4)16(5,6)20(14)22/h7-8,21H,1-6H3. The lowest BCUT2D eigenvalue weighted by atomic mass is 9.84. The predicted octanol–water partition coefficient (Wildman–Crippen LogP) is 1.59. The van der Waals surface area contributed by atoms with Gasteiger partial charge in [0.05, 0.1) is 21.8 Å². The molecule has 2 heterocycles. The second-order valence-corrected chi connectivity index (χ2v) is 6.99. The van der Waals surface area contributed by atoms with Crippen molar-refractivity contribution in [3.05, 3.63) is 45.6 Å². The lowest BCUT2D eigenvalue weighted by Crippen LogP contribution is -2.52. The van der Waals surface area contributed by atoms with Crippen LogP contribution >= 0.6 is 0 Å². The second-order valence-electron chi connectivity index (χ2n) is 6.99. The third-order valence-electron chi connectivity index (χ3n) is 5.12. The summed E-state index contributed by atoms with van der Waals surface area (Å²) in [6.45, 7) is 11.2. The Labute approximate surface area is 129 Å². The van der Waals surface area contributed by atoms with Crippen molar-refractivity contribution < 1.29 is 10.4 Å². The lowest BCUT2D eigenvalue weighted by Gasteiger charge is -2.36. The van der Waals surface area contributed by atoms with Crippen molar-refractivity contribution in [1.29, 1.82) is 0 Å². The largest absolute Gasteiger partial charge is 0.286 e. The molecule has 1 saturated heterocycles. The molecule has 0 amide bonds. The highest BCUT2D eigenvalue weighted by molar-refractivity contribution is 5.29. The summed E-state index contributed by atoms with van der Waals surface area (Å²) in [5, 5.41) is 26.6. The van der Waals surface area contributed by atoms with Crippen molar-refractivity contribution in [3.63, 3.8) is 0 Å². The summed E-state index contributed by atoms with van der Waals surface area (Å²) < 4.78 is 0. The predicted molar refractivity (Wildman–Crippen MR) is 79.6 cm³/mol. The van der Waals surface area contributed by atoms with Gasteiger partial charge in [0.25, 0.3) is 0 Å². The molecule has 1 N–H and O–H groups in total. The van der Waals surface area contributed by atoms with E-state index in [-0.39, 0.29) is 11.6 Å². The quantitative estimate of drug-likeness (QED) is 0.791. The number of nitrogens with zero attached hydrogens (tertiary/aromatic N) is 4. The van der Waals surface area contributed by atoms with Crippen LogP contribution in [0.3, 0.4) is 0 Å². The summed E-state index contributed by atoms with van der Waals surface area (Å²) in [5.74, 6) is 0.369. The van der Waals surface area contributed by atoms with Gasteiger partial charge in [-0.1, -0.05) is 17.3 Å². The molecule has 2 aliphatic heterocycles. The molecule has 1 radical (unpaired) electrons. The molecular weight excluding hydrogens is 280 g/mol. The highest BCUT2D eigenvalue weighted by Gasteiger charge is 2.57. The average molecular weight is 301 g/mol. The van der Waals surface area contributed by atoms with Crippen molar-refractivity contribution in [2.24, 2.45) is 9.98 Å². The first-order valence-corrected chi connectivity index (χ1v) is 7.33. The van der Waals surface area contributed by atoms with E-state index in [1.807, 2.05) is 39.8 Å². The van der Waals surface area contributed by atoms with Crippen molar-refractivity contribution >= 4 is 0 Å². The van der Waals surface area contributed by atoms with Gasteiger partial charge in [-0.3, -0.25) is 5.21 Å². The average Bonchev–Trinajstić information content (AvgIpc) is 2.92. The minimum absolute atomic E-state index is 0.102. The Balaban J connectivity index is 2.28. The molecule has 0 aromatic heterocycles. The van der Waals surface area contributed by atoms with Crippen molar-refractivity contribution in [2.45, 2.75) is 52.6 Å². The van der Waals surface area contributed by atoms with Gasteiger partial charge in [-0.15, -0.1) is 0 Å². The summed E-state index contributed by atoms with van der Waals surface area (Å²) >= 11 is 0. The normalized spacial score (nSPS) is 21.8. The maximum Gasteiger partial charge on any atom is 0.202 e. The van der Waals surface area contributed by atoms with Crippen LogP contribution in [0.4, 0.5) is 0 Å². The third kappa shape index (κ3) is 1.68. The van der Waals surface area contributed by atoms with E-state index in [4.69, 9.17) is 0 Å². The van der Waals surface area contributed by atoms with Gasteiger partial charge < -0.3 is 0 Å². The highest BCUT2D eigenvalue weighted by Crippen LogP contribution is 2.44. The molecule has 6 heteroatoms. The molecule has 0 bridgehead atoms. The van der Waals surface area contributed by atoms with Crippen LogP contribution in [0.1, 0.15) is 38.8 Å². The Morgan fingerprint density at radius 1 is 0.955 bits per heavy atom. The van der Waals surface area contributed by atoms with Gasteiger partial charge in [0.1, 0.15) is 0 Å². The van der Waals surface area contributed by atoms with Gasteiger partial charge >= 0.3 is 0 Å². The molecule has 0 saturated carbocycles. The number of benzene rings is 1. The molecule has 0 atom stereocenters. The van der Waals surface area contributed by atoms with Crippen LogP contribution in [0, 0.1) is 13.8 Å². The first-order valence-electron chi connectivity index (χ1n) is 7.33. The molecule has 22 heavy (non-hydrogen) atoms. The number of aryl methyl sites for hydroxylation is 2. The van der Waals surface area contributed by atoms with Gasteiger partial charge in [0, 0.05) is 0 Å². The third-order valence-corrected chi connectivity index (χ3v) is 5.12. The minimum atomic E-state index is -0.798. The summed E-state index contributed by atoms with van der Waals surface area (Å²) in [5.41, 5.74) is 0.450. The fourth-order valence-electron chi connectivity index (χ4n) is 2.71. The first kappa shape index (κ1) is 15.0. The Morgan fingerprint density at radius 3 is 1.77 bits per heavy atom. The van der Waals surface area contributed by atoms with E-state index in [2.05, 4.69) is 9.98 Å². The summed E-state index contributed by atoms with van der Waals surface area (Å²) in [7, 11) is 0. The van der Waals surface area contributed by atoms with E-state index >= 15 is 0 Å². The molecular formula is C16H21N4O2. The van der Waals surface area contributed by atoms with Crippen molar-refractivity contribution in [1.82, 2.24) is 10.1 Å². The topological polar surface area (TPSA) is 71.3 Å². The molecule has 117 valence electrons. The van der Waals surface area contributed by atoms with Crippen molar-refractivity contribution in [2.75, 3.05) is 0 Å². The van der Waals surface area contributed by atoms with E-state index in [9.17, 15) is 10.4 Å². The zero-order chi connectivity index (χ0) is 16.4. The Kier molecular flexibility index (Phi) is 2.93. The van der Waals surface area contributed by atoms with E-state index in [0.29, 0.717) is 0 Å². The number of rotatable bonds is 0. The molecule has 0 aliphatic carbocycles. The van der Waals surface area contributed by atoms with Crippen LogP contribution in [-0.2, 0) is 5.21 Å². The summed E-state index contributed by atoms with van der Waals surface area (Å²) in [6, 6.07) is 3.96. The van der Waals surface area contributed by atoms with Crippen molar-refractivity contribution in [3.8, 4) is 0 Å². The molecule has 2 aliphatic rings. The van der Waals surface area contributed by atoms with E-state index in [0.717, 1.165) is 32.0 Å². The summed E-state index contributed by atoms with van der Waals surface area (Å²) in [6.07, 6.45) is 0.